The Hall–Kier alpha value is -7.20. The van der Waals surface area contributed by atoms with Crippen molar-refractivity contribution in [2.24, 2.45) is 0 Å². The minimum atomic E-state index is -0.0235. The second-order valence-electron chi connectivity index (χ2n) is 19.5. The second-order valence-corrected chi connectivity index (χ2v) is 19.5. The third-order valence-corrected chi connectivity index (χ3v) is 14.9. The van der Waals surface area contributed by atoms with Gasteiger partial charge >= 0.3 is 0 Å². The maximum atomic E-state index is 6.70. The van der Waals surface area contributed by atoms with Gasteiger partial charge in [0.05, 0.1) is 0 Å². The van der Waals surface area contributed by atoms with Crippen molar-refractivity contribution in [2.75, 3.05) is 9.80 Å². The van der Waals surface area contributed by atoms with Crippen LogP contribution in [0.3, 0.4) is 0 Å². The van der Waals surface area contributed by atoms with E-state index >= 15 is 0 Å². The molecule has 5 nitrogen and oxygen atoms in total. The number of pyridine rings is 1. The number of hydrogen-bond donors (Lipinski definition) is 0. The van der Waals surface area contributed by atoms with Crippen LogP contribution in [0.4, 0.5) is 22.7 Å². The van der Waals surface area contributed by atoms with Crippen molar-refractivity contribution in [2.45, 2.75) is 49.9 Å². The van der Waals surface area contributed by atoms with Gasteiger partial charge in [0.15, 0.2) is 0 Å². The summed E-state index contributed by atoms with van der Waals surface area (Å²) in [5.74, 6) is 2.75. The Morgan fingerprint density at radius 2 is 1.04 bits per heavy atom. The average molecular weight is 1060 g/mol. The molecule has 0 fully saturated rings. The van der Waals surface area contributed by atoms with Gasteiger partial charge in [-0.2, -0.15) is 12.1 Å². The van der Waals surface area contributed by atoms with E-state index in [-0.39, 0.29) is 50.2 Å². The molecule has 8 aromatic carbocycles. The van der Waals surface area contributed by atoms with E-state index in [1.54, 1.807) is 0 Å². The molecular weight excluding hydrogens is 1010 g/mol. The Balaban J connectivity index is 0.00000457. The molecule has 0 radical (unpaired) electrons. The van der Waals surface area contributed by atoms with Crippen molar-refractivity contribution >= 4 is 44.6 Å². The summed E-state index contributed by atoms with van der Waals surface area (Å²) in [6.45, 7) is 8.95. The van der Waals surface area contributed by atoms with Gasteiger partial charge in [-0.15, -0.1) is 48.1 Å². The molecule has 7 aliphatic rings. The van der Waals surface area contributed by atoms with Gasteiger partial charge in [0, 0.05) is 85.0 Å². The van der Waals surface area contributed by atoms with Crippen LogP contribution in [0.5, 0.6) is 11.5 Å². The summed E-state index contributed by atoms with van der Waals surface area (Å²) < 4.78 is 8.91. The Morgan fingerprint density at radius 3 is 1.74 bits per heavy atom. The van der Waals surface area contributed by atoms with Gasteiger partial charge in [-0.3, -0.25) is 0 Å². The normalized spacial score (nSPS) is 18.3. The maximum Gasteiger partial charge on any atom is 0.135 e. The number of fused-ring (bicyclic) bond motifs is 4. The zero-order valence-corrected chi connectivity index (χ0v) is 40.1. The molecule has 6 aliphatic carbocycles. The molecule has 0 amide bonds. The van der Waals surface area contributed by atoms with Gasteiger partial charge in [0.25, 0.3) is 0 Å². The van der Waals surface area contributed by atoms with E-state index in [1.165, 1.54) is 55.8 Å². The summed E-state index contributed by atoms with van der Waals surface area (Å²) >= 11 is 0. The van der Waals surface area contributed by atoms with Crippen molar-refractivity contribution < 1.29 is 25.8 Å². The van der Waals surface area contributed by atoms with Gasteiger partial charge in [-0.05, 0) is 97.3 Å². The van der Waals surface area contributed by atoms with E-state index in [0.29, 0.717) is 11.5 Å². The van der Waals surface area contributed by atoms with Crippen LogP contribution < -0.4 is 14.5 Å². The quantitative estimate of drug-likeness (QED) is 0.161. The summed E-state index contributed by atoms with van der Waals surface area (Å²) in [7, 11) is 0. The minimum absolute atomic E-state index is 0. The van der Waals surface area contributed by atoms with E-state index in [1.807, 2.05) is 18.3 Å². The summed E-state index contributed by atoms with van der Waals surface area (Å²) in [5, 5.41) is 2.24. The third-order valence-electron chi connectivity index (χ3n) is 14.9. The first-order valence-electron chi connectivity index (χ1n) is 23.4. The van der Waals surface area contributed by atoms with Crippen LogP contribution in [-0.2, 0) is 26.5 Å². The second kappa shape index (κ2) is 15.4. The van der Waals surface area contributed by atoms with E-state index in [4.69, 9.17) is 9.72 Å². The molecule has 0 N–H and O–H groups in total. The molecule has 4 bridgehead atoms. The van der Waals surface area contributed by atoms with Crippen LogP contribution in [0.25, 0.3) is 27.6 Å². The van der Waals surface area contributed by atoms with Crippen LogP contribution in [0.1, 0.15) is 94.5 Å². The number of hydrogen-bond acceptors (Lipinski definition) is 4. The maximum absolute atomic E-state index is 6.70. The molecule has 68 heavy (non-hydrogen) atoms. The van der Waals surface area contributed by atoms with E-state index in [2.05, 4.69) is 224 Å². The molecule has 6 heteroatoms. The van der Waals surface area contributed by atoms with Crippen molar-refractivity contribution in [1.82, 2.24) is 9.55 Å². The standard InChI is InChI=1S/C62H45N4O.Pt/c1-62(2,3)38-32-33-63-56(34-38)66-51-26-11-10-18-42(51)43-31-30-41(36-55(43)66)67-40-17-14-16-39(35-40)64-37-65(53-28-13-12-27-52(53)64)54-29-15-25-50-59-48-23-8-9-24-49(48)61(60(50)54)58-46-21-6-4-19-44(46)57(59)45-20-5-7-22-47(45)58;/h4-34,37,57-59,61H,1-3H3;/q-3;. The number of para-hydroxylation sites is 3. The Bertz CT molecular complexity index is 3610. The summed E-state index contributed by atoms with van der Waals surface area (Å²) in [6.07, 6.45) is 1.91. The van der Waals surface area contributed by atoms with Crippen molar-refractivity contribution in [3.8, 4) is 17.3 Å². The largest absolute Gasteiger partial charge is 0.509 e. The van der Waals surface area contributed by atoms with E-state index < -0.39 is 0 Å². The van der Waals surface area contributed by atoms with Crippen molar-refractivity contribution in [3.63, 3.8) is 0 Å². The fourth-order valence-electron chi connectivity index (χ4n) is 12.1. The van der Waals surface area contributed by atoms with Crippen molar-refractivity contribution in [3.05, 3.63) is 257 Å². The zero-order chi connectivity index (χ0) is 44.5. The number of rotatable bonds is 5. The van der Waals surface area contributed by atoms with Gasteiger partial charge < -0.3 is 19.1 Å². The molecule has 0 saturated carbocycles. The fraction of sp³-hybridized carbons (Fsp3) is 0.129. The molecule has 3 heterocycles. The molecule has 2 unspecified atom stereocenters. The number of aromatic nitrogens is 2. The summed E-state index contributed by atoms with van der Waals surface area (Å²) in [5.41, 5.74) is 19.1. The summed E-state index contributed by atoms with van der Waals surface area (Å²) in [6, 6.07) is 74.0. The predicted octanol–water partition coefficient (Wildman–Crippen LogP) is 15.1. The first-order valence-corrected chi connectivity index (χ1v) is 23.4. The molecule has 10 aromatic rings. The Labute approximate surface area is 411 Å². The Kier molecular flexibility index (Phi) is 9.30. The molecule has 332 valence electrons. The third kappa shape index (κ3) is 6.01. The smallest absolute Gasteiger partial charge is 0.135 e. The number of nitrogens with zero attached hydrogens (tertiary/aromatic N) is 4. The molecule has 2 atom stereocenters. The molecular formula is C62H45N4OPt-3. The van der Waals surface area contributed by atoms with Crippen LogP contribution in [-0.4, -0.2) is 9.55 Å². The van der Waals surface area contributed by atoms with Crippen LogP contribution >= 0.6 is 0 Å². The molecule has 2 aromatic heterocycles. The van der Waals surface area contributed by atoms with E-state index in [0.717, 1.165) is 44.7 Å². The first-order chi connectivity index (χ1) is 32.9. The molecule has 17 rings (SSSR count). The van der Waals surface area contributed by atoms with Gasteiger partial charge in [-0.1, -0.05) is 142 Å². The topological polar surface area (TPSA) is 33.5 Å². The first kappa shape index (κ1) is 41.0. The van der Waals surface area contributed by atoms with Gasteiger partial charge in [-0.25, -0.2) is 4.98 Å². The van der Waals surface area contributed by atoms with Gasteiger partial charge in [0.1, 0.15) is 5.82 Å². The van der Waals surface area contributed by atoms with Crippen LogP contribution in [0.15, 0.2) is 188 Å². The van der Waals surface area contributed by atoms with Crippen molar-refractivity contribution in [1.29, 1.82) is 0 Å². The molecule has 0 spiro atoms. The van der Waals surface area contributed by atoms with E-state index in [9.17, 15) is 0 Å². The summed E-state index contributed by atoms with van der Waals surface area (Å²) in [4.78, 5) is 9.55. The van der Waals surface area contributed by atoms with Crippen LogP contribution in [0, 0.1) is 18.8 Å². The minimum Gasteiger partial charge on any atom is -0.509 e. The molecule has 1 aliphatic heterocycles. The van der Waals surface area contributed by atoms with Gasteiger partial charge in [0.2, 0.25) is 0 Å². The average Bonchev–Trinajstić information content (AvgIpc) is 3.90. The number of ether oxygens (including phenoxy) is 1. The Morgan fingerprint density at radius 1 is 0.500 bits per heavy atom. The number of benzene rings is 8. The predicted molar refractivity (Wildman–Crippen MR) is 270 cm³/mol. The zero-order valence-electron chi connectivity index (χ0n) is 37.8. The molecule has 0 saturated heterocycles. The van der Waals surface area contributed by atoms with Crippen LogP contribution in [0.2, 0.25) is 0 Å². The number of anilines is 4. The SMILES string of the molecule is CC(C)(C)c1ccnc(-n2c3[c-]c(Oc4[c-]c(N5[CH-]N(c6cccc7c6C6c8ccccc8C7C7c8ccccc8C6c6ccccc67)c6ccccc65)ccc4)ccc3c3ccccc32)c1.[Pt]. The fourth-order valence-corrected chi connectivity index (χ4v) is 12.1. The monoisotopic (exact) mass is 1060 g/mol.